The summed E-state index contributed by atoms with van der Waals surface area (Å²) in [6.45, 7) is 1.14. The molecule has 0 saturated carbocycles. The number of nitrogens with zero attached hydrogens (tertiary/aromatic N) is 2. The fourth-order valence-corrected chi connectivity index (χ4v) is 5.43. The van der Waals surface area contributed by atoms with Gasteiger partial charge in [-0.3, -0.25) is 4.79 Å². The van der Waals surface area contributed by atoms with Gasteiger partial charge in [-0.15, -0.1) is 0 Å². The van der Waals surface area contributed by atoms with Crippen molar-refractivity contribution in [3.63, 3.8) is 0 Å². The minimum atomic E-state index is -4.07. The number of hydrogen-bond acceptors (Lipinski definition) is 6. The average Bonchev–Trinajstić information content (AvgIpc) is 2.88. The summed E-state index contributed by atoms with van der Waals surface area (Å²) in [5.41, 5.74) is 1.90. The molecule has 188 valence electrons. The molecule has 0 spiro atoms. The summed E-state index contributed by atoms with van der Waals surface area (Å²) in [7, 11) is -2.84. The molecule has 0 saturated heterocycles. The Hall–Kier alpha value is -3.40. The molecule has 1 aliphatic rings. The molecule has 0 radical (unpaired) electrons. The Morgan fingerprint density at radius 2 is 1.72 bits per heavy atom. The van der Waals surface area contributed by atoms with Crippen LogP contribution < -0.4 is 9.64 Å². The van der Waals surface area contributed by atoms with Gasteiger partial charge in [0.05, 0.1) is 30.8 Å². The van der Waals surface area contributed by atoms with Gasteiger partial charge in [-0.2, -0.15) is 4.31 Å². The Balaban J connectivity index is 1.70. The molecule has 1 amide bonds. The molecule has 8 nitrogen and oxygen atoms in total. The van der Waals surface area contributed by atoms with E-state index >= 15 is 0 Å². The Morgan fingerprint density at radius 1 is 1.06 bits per heavy atom. The van der Waals surface area contributed by atoms with Crippen molar-refractivity contribution < 1.29 is 27.5 Å². The lowest BCUT2D eigenvalue weighted by atomic mass is 10.2. The van der Waals surface area contributed by atoms with Crippen LogP contribution in [0.4, 0.5) is 5.69 Å². The number of para-hydroxylation sites is 2. The van der Waals surface area contributed by atoms with Crippen LogP contribution in [0.5, 0.6) is 5.75 Å². The molecular formula is C26H25ClN2O6S. The van der Waals surface area contributed by atoms with Crippen LogP contribution in [0.3, 0.4) is 0 Å². The number of ether oxygens (including phenoxy) is 2. The standard InChI is InChI=1S/C26H25ClN2O6S/c1-18-11-13-20(14-12-18)36(32,33)28(15-19-7-3-4-8-21(19)27)17-25(30)29-16-24(26(31)34-2)35-23-10-6-5-9-22(23)29/h3-14,24H,15-17H2,1-2H3. The van der Waals surface area contributed by atoms with Crippen molar-refractivity contribution in [1.29, 1.82) is 0 Å². The molecule has 3 aromatic carbocycles. The number of sulfonamides is 1. The van der Waals surface area contributed by atoms with Crippen LogP contribution in [-0.2, 0) is 30.9 Å². The van der Waals surface area contributed by atoms with E-state index < -0.39 is 34.5 Å². The molecule has 0 aromatic heterocycles. The summed E-state index contributed by atoms with van der Waals surface area (Å²) in [5.74, 6) is -0.837. The van der Waals surface area contributed by atoms with Crippen LogP contribution in [0.1, 0.15) is 11.1 Å². The minimum Gasteiger partial charge on any atom is -0.475 e. The number of benzene rings is 3. The molecule has 1 heterocycles. The number of carbonyl (C=O) groups is 2. The van der Waals surface area contributed by atoms with E-state index in [2.05, 4.69) is 0 Å². The smallest absolute Gasteiger partial charge is 0.348 e. The third kappa shape index (κ3) is 5.38. The number of amides is 1. The van der Waals surface area contributed by atoms with Crippen molar-refractivity contribution in [3.05, 3.63) is 88.9 Å². The van der Waals surface area contributed by atoms with Crippen molar-refractivity contribution in [2.24, 2.45) is 0 Å². The van der Waals surface area contributed by atoms with Crippen LogP contribution >= 0.6 is 11.6 Å². The van der Waals surface area contributed by atoms with Gasteiger partial charge in [0.1, 0.15) is 5.75 Å². The molecule has 0 aliphatic carbocycles. The number of halogens is 1. The number of carbonyl (C=O) groups excluding carboxylic acids is 2. The van der Waals surface area contributed by atoms with Gasteiger partial charge in [-0.25, -0.2) is 13.2 Å². The van der Waals surface area contributed by atoms with Crippen LogP contribution in [0.2, 0.25) is 5.02 Å². The summed E-state index contributed by atoms with van der Waals surface area (Å²) < 4.78 is 38.9. The topological polar surface area (TPSA) is 93.2 Å². The van der Waals surface area contributed by atoms with Crippen molar-refractivity contribution >= 4 is 39.2 Å². The number of hydrogen-bond donors (Lipinski definition) is 0. The maximum absolute atomic E-state index is 13.7. The van der Waals surface area contributed by atoms with Gasteiger partial charge >= 0.3 is 5.97 Å². The molecule has 0 N–H and O–H groups in total. The number of methoxy groups -OCH3 is 1. The first-order valence-corrected chi connectivity index (χ1v) is 13.0. The lowest BCUT2D eigenvalue weighted by Crippen LogP contribution is -2.50. The van der Waals surface area contributed by atoms with E-state index in [1.165, 1.54) is 24.1 Å². The van der Waals surface area contributed by atoms with Crippen LogP contribution in [0.15, 0.2) is 77.7 Å². The summed E-state index contributed by atoms with van der Waals surface area (Å²) in [4.78, 5) is 27.2. The van der Waals surface area contributed by atoms with Crippen LogP contribution in [0, 0.1) is 6.92 Å². The molecule has 0 bridgehead atoms. The molecule has 1 atom stereocenters. The van der Waals surface area contributed by atoms with E-state index in [0.717, 1.165) is 9.87 Å². The zero-order valence-electron chi connectivity index (χ0n) is 19.8. The highest BCUT2D eigenvalue weighted by molar-refractivity contribution is 7.89. The molecule has 3 aromatic rings. The predicted molar refractivity (Wildman–Crippen MR) is 135 cm³/mol. The largest absolute Gasteiger partial charge is 0.475 e. The van der Waals surface area contributed by atoms with Gasteiger partial charge in [-0.1, -0.05) is 59.6 Å². The molecular weight excluding hydrogens is 504 g/mol. The Morgan fingerprint density at radius 3 is 2.42 bits per heavy atom. The summed E-state index contributed by atoms with van der Waals surface area (Å²) >= 11 is 6.32. The molecule has 10 heteroatoms. The van der Waals surface area contributed by atoms with Gasteiger partial charge in [0.2, 0.25) is 22.0 Å². The van der Waals surface area contributed by atoms with Crippen molar-refractivity contribution in [3.8, 4) is 5.75 Å². The summed E-state index contributed by atoms with van der Waals surface area (Å²) in [6, 6.07) is 20.0. The van der Waals surface area contributed by atoms with Crippen LogP contribution in [-0.4, -0.2) is 50.9 Å². The van der Waals surface area contributed by atoms with Gasteiger partial charge < -0.3 is 14.4 Å². The quantitative estimate of drug-likeness (QED) is 0.433. The SMILES string of the molecule is COC(=O)C1CN(C(=O)CN(Cc2ccccc2Cl)S(=O)(=O)c2ccc(C)cc2)c2ccccc2O1. The summed E-state index contributed by atoms with van der Waals surface area (Å²) in [5, 5.41) is 0.386. The van der Waals surface area contributed by atoms with Gasteiger partial charge in [0.25, 0.3) is 0 Å². The second-order valence-electron chi connectivity index (χ2n) is 8.28. The van der Waals surface area contributed by atoms with Crippen molar-refractivity contribution in [1.82, 2.24) is 4.31 Å². The number of esters is 1. The second kappa shape index (κ2) is 10.7. The van der Waals surface area contributed by atoms with E-state index in [4.69, 9.17) is 21.1 Å². The monoisotopic (exact) mass is 528 g/mol. The maximum atomic E-state index is 13.7. The zero-order valence-corrected chi connectivity index (χ0v) is 21.3. The lowest BCUT2D eigenvalue weighted by molar-refractivity contribution is -0.148. The highest BCUT2D eigenvalue weighted by atomic mass is 35.5. The fourth-order valence-electron chi connectivity index (χ4n) is 3.86. The first-order valence-electron chi connectivity index (χ1n) is 11.1. The first-order chi connectivity index (χ1) is 17.2. The van der Waals surface area contributed by atoms with Gasteiger partial charge in [-0.05, 0) is 42.8 Å². The van der Waals surface area contributed by atoms with E-state index in [9.17, 15) is 18.0 Å². The van der Waals surface area contributed by atoms with Crippen LogP contribution in [0.25, 0.3) is 0 Å². The highest BCUT2D eigenvalue weighted by Gasteiger charge is 2.36. The second-order valence-corrected chi connectivity index (χ2v) is 10.6. The Kier molecular flexibility index (Phi) is 7.63. The number of rotatable bonds is 7. The van der Waals surface area contributed by atoms with Gasteiger partial charge in [0, 0.05) is 11.6 Å². The number of aryl methyl sites for hydroxylation is 1. The maximum Gasteiger partial charge on any atom is 0.348 e. The fraction of sp³-hybridized carbons (Fsp3) is 0.231. The Bertz CT molecular complexity index is 1380. The van der Waals surface area contributed by atoms with Gasteiger partial charge in [0.15, 0.2) is 0 Å². The zero-order chi connectivity index (χ0) is 25.9. The molecule has 4 rings (SSSR count). The normalized spacial score (nSPS) is 15.2. The van der Waals surface area contributed by atoms with E-state index in [1.807, 2.05) is 6.92 Å². The molecule has 1 aliphatic heterocycles. The number of anilines is 1. The van der Waals surface area contributed by atoms with E-state index in [0.29, 0.717) is 22.0 Å². The molecule has 1 unspecified atom stereocenters. The average molecular weight is 529 g/mol. The summed E-state index contributed by atoms with van der Waals surface area (Å²) in [6.07, 6.45) is -1.04. The lowest BCUT2D eigenvalue weighted by Gasteiger charge is -2.34. The number of fused-ring (bicyclic) bond motifs is 1. The molecule has 36 heavy (non-hydrogen) atoms. The van der Waals surface area contributed by atoms with E-state index in [1.54, 1.807) is 60.7 Å². The minimum absolute atomic E-state index is 0.0581. The Labute approximate surface area is 215 Å². The van der Waals surface area contributed by atoms with Crippen molar-refractivity contribution in [2.45, 2.75) is 24.5 Å². The third-order valence-corrected chi connectivity index (χ3v) is 7.99. The third-order valence-electron chi connectivity index (χ3n) is 5.81. The highest BCUT2D eigenvalue weighted by Crippen LogP contribution is 2.34. The van der Waals surface area contributed by atoms with E-state index in [-0.39, 0.29) is 18.0 Å². The van der Waals surface area contributed by atoms with Crippen molar-refractivity contribution in [2.75, 3.05) is 25.1 Å². The predicted octanol–water partition coefficient (Wildman–Crippen LogP) is 3.81. The molecule has 0 fully saturated rings. The first kappa shape index (κ1) is 25.7.